The molecule has 0 fully saturated rings. The summed E-state index contributed by atoms with van der Waals surface area (Å²) >= 11 is 0. The first-order valence-corrected chi connectivity index (χ1v) is 8.30. The lowest BCUT2D eigenvalue weighted by Gasteiger charge is -2.10. The molecular formula is C18H21F3N2O. The van der Waals surface area contributed by atoms with Gasteiger partial charge in [-0.25, -0.2) is 0 Å². The van der Waals surface area contributed by atoms with Crippen molar-refractivity contribution in [3.8, 4) is 5.75 Å². The van der Waals surface area contributed by atoms with E-state index in [-0.39, 0.29) is 5.75 Å². The van der Waals surface area contributed by atoms with E-state index in [1.165, 1.54) is 29.1 Å². The van der Waals surface area contributed by atoms with E-state index in [9.17, 15) is 13.2 Å². The standard InChI is InChI=1S/C18H21F3N2O/c1-3-12(2)17-15-5-4-6-16(15)23(22-17)11-13-7-9-14(10-8-13)24-18(19,20)21/h7-10,12H,3-6,11H2,1-2H3. The van der Waals surface area contributed by atoms with Crippen LogP contribution in [0.15, 0.2) is 24.3 Å². The molecule has 1 unspecified atom stereocenters. The van der Waals surface area contributed by atoms with Crippen LogP contribution in [0.3, 0.4) is 0 Å². The summed E-state index contributed by atoms with van der Waals surface area (Å²) in [6.45, 7) is 4.92. The summed E-state index contributed by atoms with van der Waals surface area (Å²) in [5.41, 5.74) is 4.75. The quantitative estimate of drug-likeness (QED) is 0.780. The van der Waals surface area contributed by atoms with Crippen molar-refractivity contribution in [1.29, 1.82) is 0 Å². The first kappa shape index (κ1) is 16.9. The average molecular weight is 338 g/mol. The zero-order chi connectivity index (χ0) is 17.3. The summed E-state index contributed by atoms with van der Waals surface area (Å²) in [5.74, 6) is 0.234. The summed E-state index contributed by atoms with van der Waals surface area (Å²) in [6.07, 6.45) is -0.362. The van der Waals surface area contributed by atoms with E-state index in [0.717, 1.165) is 31.2 Å². The van der Waals surface area contributed by atoms with E-state index >= 15 is 0 Å². The normalized spacial score (nSPS) is 15.4. The third-order valence-electron chi connectivity index (χ3n) is 4.61. The molecule has 1 aliphatic carbocycles. The largest absolute Gasteiger partial charge is 0.573 e. The second-order valence-corrected chi connectivity index (χ2v) is 6.32. The van der Waals surface area contributed by atoms with Gasteiger partial charge in [0.25, 0.3) is 0 Å². The predicted molar refractivity (Wildman–Crippen MR) is 85.2 cm³/mol. The Balaban J connectivity index is 1.79. The second kappa shape index (κ2) is 6.49. The Kier molecular flexibility index (Phi) is 4.56. The molecule has 24 heavy (non-hydrogen) atoms. The SMILES string of the molecule is CCC(C)c1nn(Cc2ccc(OC(F)(F)F)cc2)c2c1CCC2. The van der Waals surface area contributed by atoms with E-state index in [1.807, 2.05) is 4.68 Å². The fourth-order valence-corrected chi connectivity index (χ4v) is 3.23. The van der Waals surface area contributed by atoms with Crippen molar-refractivity contribution in [2.45, 2.75) is 58.4 Å². The molecule has 0 spiro atoms. The van der Waals surface area contributed by atoms with Crippen molar-refractivity contribution in [2.24, 2.45) is 0 Å². The van der Waals surface area contributed by atoms with E-state index in [4.69, 9.17) is 5.10 Å². The summed E-state index contributed by atoms with van der Waals surface area (Å²) in [7, 11) is 0. The van der Waals surface area contributed by atoms with Gasteiger partial charge in [0.15, 0.2) is 0 Å². The molecule has 1 aromatic heterocycles. The van der Waals surface area contributed by atoms with E-state index in [1.54, 1.807) is 12.1 Å². The van der Waals surface area contributed by atoms with Crippen LogP contribution in [0.25, 0.3) is 0 Å². The molecule has 3 nitrogen and oxygen atoms in total. The molecule has 0 bridgehead atoms. The van der Waals surface area contributed by atoms with Crippen molar-refractivity contribution in [3.63, 3.8) is 0 Å². The Hall–Kier alpha value is -1.98. The van der Waals surface area contributed by atoms with Crippen LogP contribution < -0.4 is 4.74 Å². The van der Waals surface area contributed by atoms with Crippen molar-refractivity contribution in [1.82, 2.24) is 9.78 Å². The zero-order valence-electron chi connectivity index (χ0n) is 13.9. The molecular weight excluding hydrogens is 317 g/mol. The Morgan fingerprint density at radius 3 is 2.54 bits per heavy atom. The van der Waals surface area contributed by atoms with Gasteiger partial charge in [-0.15, -0.1) is 13.2 Å². The number of alkyl halides is 3. The smallest absolute Gasteiger partial charge is 0.406 e. The highest BCUT2D eigenvalue weighted by Crippen LogP contribution is 2.31. The van der Waals surface area contributed by atoms with Gasteiger partial charge < -0.3 is 4.74 Å². The molecule has 0 saturated carbocycles. The number of aromatic nitrogens is 2. The first-order valence-electron chi connectivity index (χ1n) is 8.30. The molecule has 130 valence electrons. The van der Waals surface area contributed by atoms with Crippen molar-refractivity contribution in [3.05, 3.63) is 46.8 Å². The molecule has 1 atom stereocenters. The van der Waals surface area contributed by atoms with Gasteiger partial charge in [0.05, 0.1) is 12.2 Å². The Bertz CT molecular complexity index is 704. The van der Waals surface area contributed by atoms with Crippen LogP contribution in [0, 0.1) is 0 Å². The highest BCUT2D eigenvalue weighted by molar-refractivity contribution is 5.34. The monoisotopic (exact) mass is 338 g/mol. The van der Waals surface area contributed by atoms with Crippen LogP contribution >= 0.6 is 0 Å². The van der Waals surface area contributed by atoms with Crippen molar-refractivity contribution in [2.75, 3.05) is 0 Å². The highest BCUT2D eigenvalue weighted by Gasteiger charge is 2.31. The summed E-state index contributed by atoms with van der Waals surface area (Å²) in [6, 6.07) is 6.02. The van der Waals surface area contributed by atoms with Crippen LogP contribution in [0.5, 0.6) is 5.75 Å². The van der Waals surface area contributed by atoms with Gasteiger partial charge in [-0.2, -0.15) is 5.10 Å². The maximum atomic E-state index is 12.2. The van der Waals surface area contributed by atoms with Gasteiger partial charge in [-0.1, -0.05) is 26.0 Å². The van der Waals surface area contributed by atoms with Crippen molar-refractivity contribution < 1.29 is 17.9 Å². The molecule has 0 N–H and O–H groups in total. The number of rotatable bonds is 5. The van der Waals surface area contributed by atoms with Crippen LogP contribution in [-0.2, 0) is 19.4 Å². The maximum Gasteiger partial charge on any atom is 0.573 e. The Labute approximate surface area is 139 Å². The summed E-state index contributed by atoms with van der Waals surface area (Å²) in [4.78, 5) is 0. The maximum absolute atomic E-state index is 12.2. The number of hydrogen-bond donors (Lipinski definition) is 0. The first-order chi connectivity index (χ1) is 11.4. The average Bonchev–Trinajstić information content (AvgIpc) is 3.11. The fraction of sp³-hybridized carbons (Fsp3) is 0.500. The van der Waals surface area contributed by atoms with Gasteiger partial charge in [-0.05, 0) is 48.9 Å². The Morgan fingerprint density at radius 2 is 1.92 bits per heavy atom. The number of hydrogen-bond acceptors (Lipinski definition) is 2. The Morgan fingerprint density at radius 1 is 1.21 bits per heavy atom. The molecule has 6 heteroatoms. The molecule has 0 aliphatic heterocycles. The van der Waals surface area contributed by atoms with Gasteiger partial charge in [0, 0.05) is 11.6 Å². The lowest BCUT2D eigenvalue weighted by Crippen LogP contribution is -2.17. The molecule has 2 aromatic rings. The zero-order valence-corrected chi connectivity index (χ0v) is 13.9. The number of fused-ring (bicyclic) bond motifs is 1. The molecule has 1 aliphatic rings. The van der Waals surface area contributed by atoms with E-state index in [2.05, 4.69) is 18.6 Å². The molecule has 1 heterocycles. The van der Waals surface area contributed by atoms with Gasteiger partial charge in [-0.3, -0.25) is 4.68 Å². The topological polar surface area (TPSA) is 27.1 Å². The lowest BCUT2D eigenvalue weighted by molar-refractivity contribution is -0.274. The second-order valence-electron chi connectivity index (χ2n) is 6.32. The van der Waals surface area contributed by atoms with Gasteiger partial charge >= 0.3 is 6.36 Å². The highest BCUT2D eigenvalue weighted by atomic mass is 19.4. The number of nitrogens with zero attached hydrogens (tertiary/aromatic N) is 2. The van der Waals surface area contributed by atoms with Gasteiger partial charge in [0.2, 0.25) is 0 Å². The third-order valence-corrected chi connectivity index (χ3v) is 4.61. The minimum atomic E-state index is -4.66. The summed E-state index contributed by atoms with van der Waals surface area (Å²) in [5, 5.41) is 4.79. The molecule has 0 radical (unpaired) electrons. The predicted octanol–water partition coefficient (Wildman–Crippen LogP) is 4.83. The van der Waals surface area contributed by atoms with Gasteiger partial charge in [0.1, 0.15) is 5.75 Å². The number of benzene rings is 1. The third kappa shape index (κ3) is 3.57. The van der Waals surface area contributed by atoms with Crippen LogP contribution in [-0.4, -0.2) is 16.1 Å². The number of halogens is 3. The molecule has 0 saturated heterocycles. The molecule has 3 rings (SSSR count). The minimum Gasteiger partial charge on any atom is -0.406 e. The molecule has 1 aromatic carbocycles. The fourth-order valence-electron chi connectivity index (χ4n) is 3.23. The molecule has 0 amide bonds. The van der Waals surface area contributed by atoms with Crippen LogP contribution in [0.2, 0.25) is 0 Å². The minimum absolute atomic E-state index is 0.197. The summed E-state index contributed by atoms with van der Waals surface area (Å²) < 4.78 is 42.6. The van der Waals surface area contributed by atoms with Crippen LogP contribution in [0.4, 0.5) is 13.2 Å². The number of ether oxygens (including phenoxy) is 1. The van der Waals surface area contributed by atoms with Crippen molar-refractivity contribution >= 4 is 0 Å². The lowest BCUT2D eigenvalue weighted by atomic mass is 10.0. The van der Waals surface area contributed by atoms with E-state index < -0.39 is 6.36 Å². The van der Waals surface area contributed by atoms with Crippen LogP contribution in [0.1, 0.15) is 55.1 Å². The van der Waals surface area contributed by atoms with E-state index in [0.29, 0.717) is 12.5 Å².